The van der Waals surface area contributed by atoms with Crippen molar-refractivity contribution in [3.8, 4) is 0 Å². The van der Waals surface area contributed by atoms with Crippen molar-refractivity contribution in [1.29, 1.82) is 0 Å². The van der Waals surface area contributed by atoms with Crippen molar-refractivity contribution in [2.24, 2.45) is 0 Å². The summed E-state index contributed by atoms with van der Waals surface area (Å²) in [7, 11) is 0. The Morgan fingerprint density at radius 2 is 2.14 bits per heavy atom. The van der Waals surface area contributed by atoms with Crippen molar-refractivity contribution in [3.05, 3.63) is 30.1 Å². The molecule has 1 atom stereocenters. The van der Waals surface area contributed by atoms with Crippen LogP contribution in [0.5, 0.6) is 0 Å². The number of nitrogens with zero attached hydrogens (tertiary/aromatic N) is 1. The Kier molecular flexibility index (Phi) is 5.32. The standard InChI is InChI=1S/C15H22N4O3/c1-11(18-14(21)22)13(20)19-15(5-8-16-9-6-15)10-12-4-2-3-7-17-12/h2-4,7,11,16,18H,5-6,8-10H2,1H3,(H,19,20)(H,21,22). The number of hydrogen-bond acceptors (Lipinski definition) is 4. The van der Waals surface area contributed by atoms with E-state index in [1.165, 1.54) is 0 Å². The SMILES string of the molecule is CC(NC(=O)O)C(=O)NC1(Cc2ccccn2)CCNCC1. The van der Waals surface area contributed by atoms with Crippen molar-refractivity contribution in [1.82, 2.24) is 20.9 Å². The maximum atomic E-state index is 12.3. The van der Waals surface area contributed by atoms with Crippen molar-refractivity contribution in [3.63, 3.8) is 0 Å². The van der Waals surface area contributed by atoms with E-state index in [9.17, 15) is 9.59 Å². The molecule has 0 saturated carbocycles. The lowest BCUT2D eigenvalue weighted by Crippen LogP contribution is -2.59. The summed E-state index contributed by atoms with van der Waals surface area (Å²) < 4.78 is 0. The van der Waals surface area contributed by atoms with Crippen LogP contribution in [0.15, 0.2) is 24.4 Å². The average molecular weight is 306 g/mol. The van der Waals surface area contributed by atoms with Gasteiger partial charge in [0.2, 0.25) is 5.91 Å². The molecule has 0 aliphatic carbocycles. The molecule has 1 aliphatic heterocycles. The summed E-state index contributed by atoms with van der Waals surface area (Å²) in [4.78, 5) is 27.3. The van der Waals surface area contributed by atoms with E-state index in [-0.39, 0.29) is 11.4 Å². The van der Waals surface area contributed by atoms with Gasteiger partial charge in [-0.15, -0.1) is 0 Å². The van der Waals surface area contributed by atoms with Gasteiger partial charge in [-0.2, -0.15) is 0 Å². The van der Waals surface area contributed by atoms with Crippen LogP contribution in [0.4, 0.5) is 4.79 Å². The number of piperidine rings is 1. The summed E-state index contributed by atoms with van der Waals surface area (Å²) >= 11 is 0. The van der Waals surface area contributed by atoms with Gasteiger partial charge in [0.1, 0.15) is 6.04 Å². The number of nitrogens with one attached hydrogen (secondary N) is 3. The Labute approximate surface area is 129 Å². The van der Waals surface area contributed by atoms with Gasteiger partial charge in [-0.05, 0) is 45.0 Å². The molecule has 0 radical (unpaired) electrons. The van der Waals surface area contributed by atoms with Crippen LogP contribution in [0, 0.1) is 0 Å². The van der Waals surface area contributed by atoms with Crippen LogP contribution in [-0.2, 0) is 11.2 Å². The lowest BCUT2D eigenvalue weighted by molar-refractivity contribution is -0.125. The Hall–Kier alpha value is -2.15. The van der Waals surface area contributed by atoms with E-state index < -0.39 is 12.1 Å². The number of hydrogen-bond donors (Lipinski definition) is 4. The first kappa shape index (κ1) is 16.2. The zero-order valence-electron chi connectivity index (χ0n) is 12.6. The minimum absolute atomic E-state index is 0.305. The fourth-order valence-electron chi connectivity index (χ4n) is 2.72. The molecule has 4 N–H and O–H groups in total. The number of rotatable bonds is 5. The summed E-state index contributed by atoms with van der Waals surface area (Å²) in [6, 6.07) is 4.94. The quantitative estimate of drug-likeness (QED) is 0.635. The molecule has 7 heteroatoms. The van der Waals surface area contributed by atoms with Crippen molar-refractivity contribution >= 4 is 12.0 Å². The van der Waals surface area contributed by atoms with Gasteiger partial charge in [0.05, 0.1) is 0 Å². The van der Waals surface area contributed by atoms with Gasteiger partial charge in [-0.25, -0.2) is 4.79 Å². The Balaban J connectivity index is 2.08. The van der Waals surface area contributed by atoms with Crippen molar-refractivity contribution in [2.75, 3.05) is 13.1 Å². The highest BCUT2D eigenvalue weighted by Gasteiger charge is 2.35. The summed E-state index contributed by atoms with van der Waals surface area (Å²) in [5.74, 6) is -0.305. The first-order valence-corrected chi connectivity index (χ1v) is 7.43. The van der Waals surface area contributed by atoms with E-state index in [4.69, 9.17) is 5.11 Å². The van der Waals surface area contributed by atoms with E-state index in [2.05, 4.69) is 20.9 Å². The molecule has 1 unspecified atom stereocenters. The van der Waals surface area contributed by atoms with Crippen LogP contribution in [-0.4, -0.2) is 46.8 Å². The zero-order valence-corrected chi connectivity index (χ0v) is 12.6. The van der Waals surface area contributed by atoms with Crippen LogP contribution in [0.3, 0.4) is 0 Å². The molecule has 0 aromatic carbocycles. The highest BCUT2D eigenvalue weighted by atomic mass is 16.4. The monoisotopic (exact) mass is 306 g/mol. The molecule has 2 amide bonds. The fraction of sp³-hybridized carbons (Fsp3) is 0.533. The topological polar surface area (TPSA) is 103 Å². The second kappa shape index (κ2) is 7.22. The molecular weight excluding hydrogens is 284 g/mol. The van der Waals surface area contributed by atoms with E-state index >= 15 is 0 Å². The molecule has 1 aromatic heterocycles. The Morgan fingerprint density at radius 1 is 1.41 bits per heavy atom. The molecule has 1 aliphatic rings. The van der Waals surface area contributed by atoms with E-state index in [1.54, 1.807) is 13.1 Å². The fourth-order valence-corrected chi connectivity index (χ4v) is 2.72. The van der Waals surface area contributed by atoms with Crippen molar-refractivity contribution < 1.29 is 14.7 Å². The Bertz CT molecular complexity index is 515. The predicted octanol–water partition coefficient (Wildman–Crippen LogP) is 0.519. The molecule has 1 saturated heterocycles. The molecule has 1 aromatic rings. The number of amides is 2. The summed E-state index contributed by atoms with van der Waals surface area (Å²) in [5, 5.41) is 17.2. The normalized spacial score (nSPS) is 18.2. The highest BCUT2D eigenvalue weighted by Crippen LogP contribution is 2.23. The number of carbonyl (C=O) groups excluding carboxylic acids is 1. The van der Waals surface area contributed by atoms with Crippen LogP contribution in [0.25, 0.3) is 0 Å². The summed E-state index contributed by atoms with van der Waals surface area (Å²) in [5.41, 5.74) is 0.536. The molecule has 22 heavy (non-hydrogen) atoms. The second-order valence-electron chi connectivity index (χ2n) is 5.69. The third-order valence-electron chi connectivity index (χ3n) is 3.93. The molecule has 2 rings (SSSR count). The second-order valence-corrected chi connectivity index (χ2v) is 5.69. The number of pyridine rings is 1. The molecule has 120 valence electrons. The Morgan fingerprint density at radius 3 is 2.73 bits per heavy atom. The van der Waals surface area contributed by atoms with Gasteiger partial charge >= 0.3 is 6.09 Å². The molecular formula is C15H22N4O3. The van der Waals surface area contributed by atoms with Crippen LogP contribution in [0.2, 0.25) is 0 Å². The smallest absolute Gasteiger partial charge is 0.405 e. The van der Waals surface area contributed by atoms with Crippen LogP contribution in [0.1, 0.15) is 25.5 Å². The van der Waals surface area contributed by atoms with E-state index in [0.29, 0.717) is 6.42 Å². The molecule has 1 fully saturated rings. The minimum atomic E-state index is -1.20. The van der Waals surface area contributed by atoms with Crippen LogP contribution < -0.4 is 16.0 Å². The summed E-state index contributed by atoms with van der Waals surface area (Å²) in [6.45, 7) is 3.17. The zero-order chi connectivity index (χ0) is 16.0. The van der Waals surface area contributed by atoms with Crippen LogP contribution >= 0.6 is 0 Å². The van der Waals surface area contributed by atoms with Gasteiger partial charge in [-0.1, -0.05) is 6.07 Å². The average Bonchev–Trinajstić information content (AvgIpc) is 2.48. The van der Waals surface area contributed by atoms with Gasteiger partial charge in [0.15, 0.2) is 0 Å². The maximum Gasteiger partial charge on any atom is 0.405 e. The molecule has 7 nitrogen and oxygen atoms in total. The largest absolute Gasteiger partial charge is 0.465 e. The minimum Gasteiger partial charge on any atom is -0.465 e. The third-order valence-corrected chi connectivity index (χ3v) is 3.93. The molecule has 0 bridgehead atoms. The maximum absolute atomic E-state index is 12.3. The lowest BCUT2D eigenvalue weighted by Gasteiger charge is -2.39. The third kappa shape index (κ3) is 4.42. The number of aromatic nitrogens is 1. The number of carbonyl (C=O) groups is 2. The van der Waals surface area contributed by atoms with Gasteiger partial charge in [0.25, 0.3) is 0 Å². The van der Waals surface area contributed by atoms with E-state index in [1.807, 2.05) is 18.2 Å². The first-order chi connectivity index (χ1) is 10.5. The van der Waals surface area contributed by atoms with E-state index in [0.717, 1.165) is 31.6 Å². The highest BCUT2D eigenvalue weighted by molar-refractivity contribution is 5.85. The predicted molar refractivity (Wildman–Crippen MR) is 81.5 cm³/mol. The van der Waals surface area contributed by atoms with Gasteiger partial charge in [0, 0.05) is 23.9 Å². The molecule has 0 spiro atoms. The molecule has 2 heterocycles. The first-order valence-electron chi connectivity index (χ1n) is 7.43. The van der Waals surface area contributed by atoms with Crippen molar-refractivity contribution in [2.45, 2.75) is 37.8 Å². The lowest BCUT2D eigenvalue weighted by atomic mass is 9.83. The summed E-state index contributed by atoms with van der Waals surface area (Å²) in [6.07, 6.45) is 2.75. The number of carboxylic acid groups (broad SMARTS) is 1. The van der Waals surface area contributed by atoms with Gasteiger partial charge < -0.3 is 21.1 Å². The van der Waals surface area contributed by atoms with Gasteiger partial charge in [-0.3, -0.25) is 9.78 Å².